The van der Waals surface area contributed by atoms with Crippen molar-refractivity contribution in [3.63, 3.8) is 0 Å². The number of carbonyl (C=O) groups excluding carboxylic acids is 1. The van der Waals surface area contributed by atoms with Crippen LogP contribution in [0.4, 0.5) is 0 Å². The first-order valence-electron chi connectivity index (χ1n) is 6.72. The number of nitrogens with zero attached hydrogens (tertiary/aromatic N) is 1. The molecule has 0 atom stereocenters. The standard InChI is InChI=1S/C16H16BrNO4/c1-20-11-13-10-14(22-18-13)7-6-12-4-2-3-5-15(12)21-9-8-16(17)19/h2-7,10H,8-9,11H2,1H3/b7-6+. The highest BCUT2D eigenvalue weighted by molar-refractivity contribution is 9.18. The third-order valence-electron chi connectivity index (χ3n) is 2.77. The van der Waals surface area contributed by atoms with Crippen LogP contribution in [0.5, 0.6) is 5.75 Å². The Labute approximate surface area is 137 Å². The zero-order chi connectivity index (χ0) is 15.8. The summed E-state index contributed by atoms with van der Waals surface area (Å²) in [7, 11) is 1.61. The van der Waals surface area contributed by atoms with E-state index in [0.29, 0.717) is 31.1 Å². The lowest BCUT2D eigenvalue weighted by molar-refractivity contribution is -0.110. The van der Waals surface area contributed by atoms with Crippen LogP contribution in [0.2, 0.25) is 0 Å². The van der Waals surface area contributed by atoms with Gasteiger partial charge < -0.3 is 14.0 Å². The molecular formula is C16H16BrNO4. The number of rotatable bonds is 8. The predicted molar refractivity (Wildman–Crippen MR) is 86.6 cm³/mol. The van der Waals surface area contributed by atoms with Gasteiger partial charge >= 0.3 is 0 Å². The fraction of sp³-hybridized carbons (Fsp3) is 0.250. The van der Waals surface area contributed by atoms with Crippen molar-refractivity contribution in [2.24, 2.45) is 0 Å². The maximum Gasteiger partial charge on any atom is 0.201 e. The van der Waals surface area contributed by atoms with E-state index in [1.807, 2.05) is 42.5 Å². The lowest BCUT2D eigenvalue weighted by Gasteiger charge is -2.07. The van der Waals surface area contributed by atoms with Crippen molar-refractivity contribution in [1.82, 2.24) is 5.16 Å². The highest BCUT2D eigenvalue weighted by atomic mass is 79.9. The first kappa shape index (κ1) is 16.5. The van der Waals surface area contributed by atoms with Crippen LogP contribution in [0.25, 0.3) is 12.2 Å². The van der Waals surface area contributed by atoms with Crippen LogP contribution in [-0.4, -0.2) is 23.6 Å². The molecule has 2 aromatic rings. The Balaban J connectivity index is 2.04. The molecule has 0 spiro atoms. The molecule has 0 aliphatic heterocycles. The Bertz CT molecular complexity index is 651. The average Bonchev–Trinajstić information content (AvgIpc) is 2.94. The highest BCUT2D eigenvalue weighted by Crippen LogP contribution is 2.21. The monoisotopic (exact) mass is 365 g/mol. The minimum absolute atomic E-state index is 0.0761. The summed E-state index contributed by atoms with van der Waals surface area (Å²) in [6.07, 6.45) is 4.01. The highest BCUT2D eigenvalue weighted by Gasteiger charge is 2.03. The van der Waals surface area contributed by atoms with E-state index in [0.717, 1.165) is 11.3 Å². The molecule has 0 aliphatic rings. The SMILES string of the molecule is COCc1cc(/C=C/c2ccccc2OCCC(=O)Br)on1. The first-order valence-corrected chi connectivity index (χ1v) is 7.51. The maximum absolute atomic E-state index is 10.9. The van der Waals surface area contributed by atoms with Gasteiger partial charge in [-0.25, -0.2) is 0 Å². The number of ether oxygens (including phenoxy) is 2. The second kappa shape index (κ2) is 8.51. The fourth-order valence-corrected chi connectivity index (χ4v) is 1.95. The quantitative estimate of drug-likeness (QED) is 0.667. The number of aromatic nitrogens is 1. The smallest absolute Gasteiger partial charge is 0.201 e. The molecule has 0 radical (unpaired) electrons. The number of hydrogen-bond acceptors (Lipinski definition) is 5. The molecule has 0 amide bonds. The lowest BCUT2D eigenvalue weighted by Crippen LogP contribution is -2.01. The van der Waals surface area contributed by atoms with Crippen LogP contribution in [0.3, 0.4) is 0 Å². The molecule has 0 fully saturated rings. The van der Waals surface area contributed by atoms with Crippen LogP contribution in [-0.2, 0) is 16.1 Å². The third-order valence-corrected chi connectivity index (χ3v) is 3.17. The van der Waals surface area contributed by atoms with Crippen molar-refractivity contribution < 1.29 is 18.8 Å². The van der Waals surface area contributed by atoms with Gasteiger partial charge in [0.1, 0.15) is 11.4 Å². The Morgan fingerprint density at radius 2 is 2.18 bits per heavy atom. The number of carbonyl (C=O) groups is 1. The van der Waals surface area contributed by atoms with Crippen molar-refractivity contribution in [2.45, 2.75) is 13.0 Å². The number of benzene rings is 1. The van der Waals surface area contributed by atoms with E-state index in [-0.39, 0.29) is 4.69 Å². The molecule has 0 bridgehead atoms. The van der Waals surface area contributed by atoms with Crippen molar-refractivity contribution in [2.75, 3.05) is 13.7 Å². The summed E-state index contributed by atoms with van der Waals surface area (Å²) < 4.78 is 15.7. The van der Waals surface area contributed by atoms with E-state index in [4.69, 9.17) is 14.0 Å². The summed E-state index contributed by atoms with van der Waals surface area (Å²) in [5.41, 5.74) is 1.64. The van der Waals surface area contributed by atoms with E-state index in [2.05, 4.69) is 21.1 Å². The van der Waals surface area contributed by atoms with Crippen LogP contribution in [0.1, 0.15) is 23.4 Å². The normalized spacial score (nSPS) is 11.0. The van der Waals surface area contributed by atoms with E-state index < -0.39 is 0 Å². The van der Waals surface area contributed by atoms with Gasteiger partial charge in [0, 0.05) is 18.7 Å². The molecule has 22 heavy (non-hydrogen) atoms. The predicted octanol–water partition coefficient (Wildman–Crippen LogP) is 3.68. The van der Waals surface area contributed by atoms with Gasteiger partial charge in [-0.2, -0.15) is 0 Å². The number of para-hydroxylation sites is 1. The second-order valence-corrected chi connectivity index (χ2v) is 5.36. The van der Waals surface area contributed by atoms with E-state index in [1.165, 1.54) is 0 Å². The summed E-state index contributed by atoms with van der Waals surface area (Å²) in [5.74, 6) is 1.35. The Morgan fingerprint density at radius 3 is 2.95 bits per heavy atom. The topological polar surface area (TPSA) is 61.6 Å². The van der Waals surface area contributed by atoms with Gasteiger partial charge in [-0.3, -0.25) is 4.79 Å². The van der Waals surface area contributed by atoms with Crippen LogP contribution < -0.4 is 4.74 Å². The fourth-order valence-electron chi connectivity index (χ4n) is 1.79. The number of methoxy groups -OCH3 is 1. The molecule has 6 heteroatoms. The molecular weight excluding hydrogens is 350 g/mol. The molecule has 0 aliphatic carbocycles. The van der Waals surface area contributed by atoms with Crippen molar-refractivity contribution in [1.29, 1.82) is 0 Å². The number of hydrogen-bond donors (Lipinski definition) is 0. The van der Waals surface area contributed by atoms with Crippen LogP contribution in [0.15, 0.2) is 34.9 Å². The van der Waals surface area contributed by atoms with E-state index in [9.17, 15) is 4.79 Å². The molecule has 5 nitrogen and oxygen atoms in total. The summed E-state index contributed by atoms with van der Waals surface area (Å²) in [4.78, 5) is 10.9. The second-order valence-electron chi connectivity index (χ2n) is 4.48. The summed E-state index contributed by atoms with van der Waals surface area (Å²) >= 11 is 2.88. The van der Waals surface area contributed by atoms with Gasteiger partial charge in [-0.05, 0) is 34.1 Å². The molecule has 0 saturated heterocycles. The summed E-state index contributed by atoms with van der Waals surface area (Å²) in [6.45, 7) is 0.743. The summed E-state index contributed by atoms with van der Waals surface area (Å²) in [5, 5.41) is 3.88. The van der Waals surface area contributed by atoms with Crippen LogP contribution >= 0.6 is 15.9 Å². The molecule has 1 heterocycles. The molecule has 0 N–H and O–H groups in total. The van der Waals surface area contributed by atoms with Gasteiger partial charge in [-0.15, -0.1) is 0 Å². The van der Waals surface area contributed by atoms with Crippen molar-refractivity contribution >= 4 is 32.8 Å². The Morgan fingerprint density at radius 1 is 1.36 bits per heavy atom. The first-order chi connectivity index (χ1) is 10.7. The molecule has 1 aromatic carbocycles. The molecule has 0 saturated carbocycles. The Hall–Kier alpha value is -1.92. The minimum Gasteiger partial charge on any atom is -0.492 e. The van der Waals surface area contributed by atoms with Gasteiger partial charge in [-0.1, -0.05) is 23.4 Å². The third kappa shape index (κ3) is 5.13. The largest absolute Gasteiger partial charge is 0.492 e. The lowest BCUT2D eigenvalue weighted by atomic mass is 10.2. The van der Waals surface area contributed by atoms with Crippen LogP contribution in [0, 0.1) is 0 Å². The molecule has 1 aromatic heterocycles. The van der Waals surface area contributed by atoms with Crippen molar-refractivity contribution in [3.05, 3.63) is 47.3 Å². The number of halogens is 1. The molecule has 116 valence electrons. The van der Waals surface area contributed by atoms with Gasteiger partial charge in [0.05, 0.1) is 19.6 Å². The molecule has 2 rings (SSSR count). The zero-order valence-electron chi connectivity index (χ0n) is 12.1. The maximum atomic E-state index is 10.9. The zero-order valence-corrected chi connectivity index (χ0v) is 13.7. The van der Waals surface area contributed by atoms with Gasteiger partial charge in [0.2, 0.25) is 4.69 Å². The molecule has 0 unspecified atom stereocenters. The van der Waals surface area contributed by atoms with E-state index >= 15 is 0 Å². The van der Waals surface area contributed by atoms with Gasteiger partial charge in [0.15, 0.2) is 5.76 Å². The van der Waals surface area contributed by atoms with E-state index in [1.54, 1.807) is 7.11 Å². The summed E-state index contributed by atoms with van der Waals surface area (Å²) in [6, 6.07) is 9.39. The Kier molecular flexibility index (Phi) is 6.36. The van der Waals surface area contributed by atoms with Gasteiger partial charge in [0.25, 0.3) is 0 Å². The van der Waals surface area contributed by atoms with Crippen molar-refractivity contribution in [3.8, 4) is 5.75 Å². The minimum atomic E-state index is -0.0761. The average molecular weight is 366 g/mol.